The Morgan fingerprint density at radius 3 is 2.57 bits per heavy atom. The van der Waals surface area contributed by atoms with E-state index in [1.54, 1.807) is 12.1 Å². The van der Waals surface area contributed by atoms with Crippen molar-refractivity contribution >= 4 is 40.1 Å². The number of hydrogen-bond donors (Lipinski definition) is 1. The summed E-state index contributed by atoms with van der Waals surface area (Å²) in [5, 5.41) is 12.0. The molecule has 1 aromatic heterocycles. The third kappa shape index (κ3) is 3.19. The van der Waals surface area contributed by atoms with Crippen LogP contribution in [-0.4, -0.2) is 45.7 Å². The number of nitrogens with zero attached hydrogens (tertiary/aromatic N) is 2. The molecule has 2 atom stereocenters. The summed E-state index contributed by atoms with van der Waals surface area (Å²) in [5.41, 5.74) is 3.09. The average Bonchev–Trinajstić information content (AvgIpc) is 3.15. The lowest BCUT2D eigenvalue weighted by molar-refractivity contribution is -0.384. The predicted octanol–water partition coefficient (Wildman–Crippen LogP) is 3.33. The maximum absolute atomic E-state index is 12.8. The molecule has 9 heteroatoms. The van der Waals surface area contributed by atoms with E-state index in [0.29, 0.717) is 5.56 Å². The zero-order valence-corrected chi connectivity index (χ0v) is 16.8. The van der Waals surface area contributed by atoms with Crippen molar-refractivity contribution in [2.45, 2.75) is 18.5 Å². The number of benzene rings is 2. The van der Waals surface area contributed by atoms with Crippen molar-refractivity contribution in [1.29, 1.82) is 0 Å². The smallest absolute Gasteiger partial charge is 0.328 e. The van der Waals surface area contributed by atoms with Crippen molar-refractivity contribution in [2.24, 2.45) is 0 Å². The first-order chi connectivity index (χ1) is 14.5. The van der Waals surface area contributed by atoms with Gasteiger partial charge in [0.05, 0.1) is 18.1 Å². The zero-order chi connectivity index (χ0) is 21.4. The first-order valence-corrected chi connectivity index (χ1v) is 9.78. The maximum atomic E-state index is 12.8. The van der Waals surface area contributed by atoms with Crippen molar-refractivity contribution in [3.8, 4) is 0 Å². The number of H-pyrrole nitrogens is 1. The molecule has 154 valence electrons. The van der Waals surface area contributed by atoms with Crippen LogP contribution in [0.2, 0.25) is 0 Å². The number of hydrogen-bond acceptors (Lipinski definition) is 5. The van der Waals surface area contributed by atoms with Crippen molar-refractivity contribution in [3.05, 3.63) is 75.5 Å². The van der Waals surface area contributed by atoms with E-state index in [2.05, 4.69) is 4.98 Å². The van der Waals surface area contributed by atoms with E-state index in [-0.39, 0.29) is 18.0 Å². The molecule has 0 aliphatic carbocycles. The molecule has 4 rings (SSSR count). The standard InChI is InChI=1S/C21H18ClN3O5/c1-30-21(27)17-10-15-14-4-2-3-5-16(14)23-19(15)20(24(17)18(26)11-22)12-6-8-13(9-7-12)25(28)29/h2-9,17,20,23H,10-11H2,1H3/t17-,20?/m0/s1. The second-order valence-corrected chi connectivity index (χ2v) is 7.26. The molecule has 0 saturated carbocycles. The molecule has 1 N–H and O–H groups in total. The number of methoxy groups -OCH3 is 1. The van der Waals surface area contributed by atoms with Gasteiger partial charge in [0, 0.05) is 35.2 Å². The number of ether oxygens (including phenoxy) is 1. The molecule has 2 heterocycles. The van der Waals surface area contributed by atoms with Gasteiger partial charge in [-0.15, -0.1) is 11.6 Å². The van der Waals surface area contributed by atoms with Crippen LogP contribution in [0, 0.1) is 10.1 Å². The van der Waals surface area contributed by atoms with Crippen LogP contribution in [0.1, 0.15) is 22.9 Å². The third-order valence-corrected chi connectivity index (χ3v) is 5.66. The lowest BCUT2D eigenvalue weighted by Crippen LogP contribution is -2.52. The van der Waals surface area contributed by atoms with E-state index in [1.807, 2.05) is 24.3 Å². The summed E-state index contributed by atoms with van der Waals surface area (Å²) >= 11 is 5.88. The molecule has 3 aromatic rings. The number of esters is 1. The van der Waals surface area contributed by atoms with Crippen molar-refractivity contribution < 1.29 is 19.2 Å². The van der Waals surface area contributed by atoms with E-state index < -0.39 is 28.9 Å². The fourth-order valence-corrected chi connectivity index (χ4v) is 4.25. The Hall–Kier alpha value is -3.39. The lowest BCUT2D eigenvalue weighted by atomic mass is 9.88. The van der Waals surface area contributed by atoms with Crippen molar-refractivity contribution in [3.63, 3.8) is 0 Å². The highest BCUT2D eigenvalue weighted by molar-refractivity contribution is 6.27. The highest BCUT2D eigenvalue weighted by atomic mass is 35.5. The highest BCUT2D eigenvalue weighted by Gasteiger charge is 2.43. The van der Waals surface area contributed by atoms with Crippen molar-refractivity contribution in [2.75, 3.05) is 13.0 Å². The highest BCUT2D eigenvalue weighted by Crippen LogP contribution is 2.41. The number of rotatable bonds is 4. The molecule has 30 heavy (non-hydrogen) atoms. The number of carbonyl (C=O) groups is 2. The molecular weight excluding hydrogens is 410 g/mol. The normalized spacial score (nSPS) is 18.1. The van der Waals surface area contributed by atoms with Gasteiger partial charge in [-0.05, 0) is 29.3 Å². The molecule has 1 amide bonds. The predicted molar refractivity (Wildman–Crippen MR) is 110 cm³/mol. The number of nitrogens with one attached hydrogen (secondary N) is 1. The molecule has 1 aliphatic heterocycles. The second-order valence-electron chi connectivity index (χ2n) is 6.99. The Balaban J connectivity index is 1.95. The van der Waals surface area contributed by atoms with Gasteiger partial charge in [-0.1, -0.05) is 18.2 Å². The van der Waals surface area contributed by atoms with Crippen LogP contribution >= 0.6 is 11.6 Å². The van der Waals surface area contributed by atoms with Crippen LogP contribution in [0.5, 0.6) is 0 Å². The minimum absolute atomic E-state index is 0.0637. The summed E-state index contributed by atoms with van der Waals surface area (Å²) in [6, 6.07) is 12.1. The van der Waals surface area contributed by atoms with Crippen LogP contribution < -0.4 is 0 Å². The zero-order valence-electron chi connectivity index (χ0n) is 16.0. The maximum Gasteiger partial charge on any atom is 0.328 e. The largest absolute Gasteiger partial charge is 0.467 e. The van der Waals surface area contributed by atoms with Gasteiger partial charge in [0.2, 0.25) is 5.91 Å². The molecule has 0 bridgehead atoms. The van der Waals surface area contributed by atoms with Gasteiger partial charge in [-0.3, -0.25) is 14.9 Å². The lowest BCUT2D eigenvalue weighted by Gasteiger charge is -2.40. The average molecular weight is 428 g/mol. The van der Waals surface area contributed by atoms with E-state index >= 15 is 0 Å². The molecule has 2 aromatic carbocycles. The molecule has 0 spiro atoms. The van der Waals surface area contributed by atoms with Crippen LogP contribution in [0.15, 0.2) is 48.5 Å². The first-order valence-electron chi connectivity index (χ1n) is 9.25. The van der Waals surface area contributed by atoms with E-state index in [4.69, 9.17) is 16.3 Å². The summed E-state index contributed by atoms with van der Waals surface area (Å²) in [6.07, 6.45) is 0.276. The first kappa shape index (κ1) is 19.9. The Morgan fingerprint density at radius 1 is 1.23 bits per heavy atom. The quantitative estimate of drug-likeness (QED) is 0.297. The number of fused-ring (bicyclic) bond motifs is 3. The summed E-state index contributed by atoms with van der Waals surface area (Å²) in [6.45, 7) is 0. The van der Waals surface area contributed by atoms with Crippen LogP contribution in [0.4, 0.5) is 5.69 Å². The summed E-state index contributed by atoms with van der Waals surface area (Å²) in [5.74, 6) is -1.29. The van der Waals surface area contributed by atoms with Gasteiger partial charge < -0.3 is 14.6 Å². The number of alkyl halides is 1. The van der Waals surface area contributed by atoms with Crippen molar-refractivity contribution in [1.82, 2.24) is 9.88 Å². The molecule has 1 aliphatic rings. The van der Waals surface area contributed by atoms with E-state index in [1.165, 1.54) is 24.1 Å². The number of nitro groups is 1. The van der Waals surface area contributed by atoms with Gasteiger partial charge in [0.15, 0.2) is 0 Å². The monoisotopic (exact) mass is 427 g/mol. The minimum Gasteiger partial charge on any atom is -0.467 e. The summed E-state index contributed by atoms with van der Waals surface area (Å²) < 4.78 is 4.98. The molecular formula is C21H18ClN3O5. The van der Waals surface area contributed by atoms with Crippen LogP contribution in [0.3, 0.4) is 0 Å². The third-order valence-electron chi connectivity index (χ3n) is 5.43. The summed E-state index contributed by atoms with van der Waals surface area (Å²) in [4.78, 5) is 40.8. The molecule has 0 fully saturated rings. The number of halogens is 1. The number of non-ortho nitro benzene ring substituents is 1. The molecule has 8 nitrogen and oxygen atoms in total. The Bertz CT molecular complexity index is 1140. The second kappa shape index (κ2) is 7.79. The van der Waals surface area contributed by atoms with Gasteiger partial charge in [0.25, 0.3) is 5.69 Å². The Morgan fingerprint density at radius 2 is 1.93 bits per heavy atom. The topological polar surface area (TPSA) is 106 Å². The van der Waals surface area contributed by atoms with E-state index in [9.17, 15) is 19.7 Å². The van der Waals surface area contributed by atoms with Crippen LogP contribution in [-0.2, 0) is 20.7 Å². The molecule has 1 unspecified atom stereocenters. The van der Waals surface area contributed by atoms with Gasteiger partial charge in [-0.2, -0.15) is 0 Å². The number of aromatic amines is 1. The number of nitro benzene ring substituents is 1. The van der Waals surface area contributed by atoms with Gasteiger partial charge >= 0.3 is 5.97 Å². The Labute approximate surface area is 176 Å². The fraction of sp³-hybridized carbons (Fsp3) is 0.238. The molecule has 0 radical (unpaired) electrons. The Kier molecular flexibility index (Phi) is 5.17. The number of amides is 1. The molecule has 0 saturated heterocycles. The van der Waals surface area contributed by atoms with Gasteiger partial charge in [0.1, 0.15) is 11.9 Å². The minimum atomic E-state index is -0.867. The summed E-state index contributed by atoms with van der Waals surface area (Å²) in [7, 11) is 1.28. The number of carbonyl (C=O) groups excluding carboxylic acids is 2. The van der Waals surface area contributed by atoms with E-state index in [0.717, 1.165) is 22.2 Å². The fourth-order valence-electron chi connectivity index (χ4n) is 4.11. The number of aromatic nitrogens is 1. The SMILES string of the molecule is COC(=O)[C@@H]1Cc2c([nH]c3ccccc23)C(c2ccc([N+](=O)[O-])cc2)N1C(=O)CCl. The van der Waals surface area contributed by atoms with Gasteiger partial charge in [-0.25, -0.2) is 4.79 Å². The van der Waals surface area contributed by atoms with Crippen LogP contribution in [0.25, 0.3) is 10.9 Å². The number of para-hydroxylation sites is 1.